The minimum atomic E-state index is -0.541. The molecule has 1 amide bonds. The smallest absolute Gasteiger partial charge is 0.407 e. The van der Waals surface area contributed by atoms with Gasteiger partial charge in [0, 0.05) is 24.3 Å². The molecule has 0 fully saturated rings. The average Bonchev–Trinajstić information content (AvgIpc) is 2.67. The summed E-state index contributed by atoms with van der Waals surface area (Å²) in [6.07, 6.45) is 0.929. The highest BCUT2D eigenvalue weighted by atomic mass is 16.6. The first kappa shape index (κ1) is 23.9. The van der Waals surface area contributed by atoms with Gasteiger partial charge in [0.25, 0.3) is 0 Å². The Labute approximate surface area is 182 Å². The van der Waals surface area contributed by atoms with Crippen molar-refractivity contribution in [2.24, 2.45) is 0 Å². The molecule has 9 heteroatoms. The van der Waals surface area contributed by atoms with Crippen LogP contribution in [-0.4, -0.2) is 34.7 Å². The number of nitrogens with one attached hydrogen (secondary N) is 2. The summed E-state index contributed by atoms with van der Waals surface area (Å²) in [5.41, 5.74) is 0.993. The lowest BCUT2D eigenvalue weighted by Crippen LogP contribution is -2.33. The molecular weight excluding hydrogens is 400 g/mol. The number of alkyl carbamates (subject to hydrolysis) is 1. The third kappa shape index (κ3) is 7.44. The van der Waals surface area contributed by atoms with Gasteiger partial charge in [0.1, 0.15) is 17.0 Å². The average molecular weight is 431 g/mol. The predicted octanol–water partition coefficient (Wildman–Crippen LogP) is 5.12. The highest BCUT2D eigenvalue weighted by Crippen LogP contribution is 2.39. The van der Waals surface area contributed by atoms with Gasteiger partial charge in [0.2, 0.25) is 0 Å². The summed E-state index contributed by atoms with van der Waals surface area (Å²) in [5, 5.41) is 17.7. The number of aromatic nitrogens is 1. The molecule has 0 saturated heterocycles. The molecule has 0 radical (unpaired) electrons. The number of benzene rings is 1. The zero-order valence-corrected chi connectivity index (χ0v) is 18.7. The quantitative estimate of drug-likeness (QED) is 0.322. The van der Waals surface area contributed by atoms with E-state index in [2.05, 4.69) is 15.6 Å². The van der Waals surface area contributed by atoms with Crippen molar-refractivity contribution in [1.29, 1.82) is 0 Å². The molecule has 0 aliphatic carbocycles. The molecule has 2 N–H and O–H groups in total. The van der Waals surface area contributed by atoms with E-state index in [1.54, 1.807) is 58.9 Å². The van der Waals surface area contributed by atoms with Crippen LogP contribution in [0.15, 0.2) is 30.3 Å². The molecule has 31 heavy (non-hydrogen) atoms. The SMILES string of the molecule is Cc1nc(Oc2ccccc2)c([N+](=O)[O-])c(NCCCCNC(=O)OC(C)(C)C)c1C. The number of carbonyl (C=O) groups is 1. The van der Waals surface area contributed by atoms with E-state index in [9.17, 15) is 14.9 Å². The first-order valence-corrected chi connectivity index (χ1v) is 10.2. The third-order valence-electron chi connectivity index (χ3n) is 4.34. The van der Waals surface area contributed by atoms with Crippen molar-refractivity contribution in [2.45, 2.75) is 53.1 Å². The molecule has 9 nitrogen and oxygen atoms in total. The van der Waals surface area contributed by atoms with Gasteiger partial charge in [0.15, 0.2) is 0 Å². The topological polar surface area (TPSA) is 116 Å². The van der Waals surface area contributed by atoms with E-state index in [0.717, 1.165) is 0 Å². The molecule has 1 heterocycles. The summed E-state index contributed by atoms with van der Waals surface area (Å²) in [5.74, 6) is 0.425. The number of amides is 1. The lowest BCUT2D eigenvalue weighted by Gasteiger charge is -2.19. The Bertz CT molecular complexity index is 910. The van der Waals surface area contributed by atoms with E-state index >= 15 is 0 Å². The van der Waals surface area contributed by atoms with Crippen LogP contribution in [-0.2, 0) is 4.74 Å². The largest absolute Gasteiger partial charge is 0.444 e. The van der Waals surface area contributed by atoms with Crippen LogP contribution in [0.1, 0.15) is 44.9 Å². The molecule has 2 aromatic rings. The molecule has 0 unspecified atom stereocenters. The number of rotatable bonds is 9. The zero-order valence-electron chi connectivity index (χ0n) is 18.7. The number of carbonyl (C=O) groups excluding carboxylic acids is 1. The van der Waals surface area contributed by atoms with Crippen LogP contribution in [0.2, 0.25) is 0 Å². The molecule has 0 aliphatic rings. The fourth-order valence-electron chi connectivity index (χ4n) is 2.78. The van der Waals surface area contributed by atoms with Crippen LogP contribution < -0.4 is 15.4 Å². The molecule has 0 atom stereocenters. The van der Waals surface area contributed by atoms with Gasteiger partial charge in [-0.05, 0) is 59.6 Å². The number of ether oxygens (including phenoxy) is 2. The molecule has 2 rings (SSSR count). The van der Waals surface area contributed by atoms with Crippen LogP contribution in [0.25, 0.3) is 0 Å². The highest BCUT2D eigenvalue weighted by Gasteiger charge is 2.27. The number of hydrogen-bond acceptors (Lipinski definition) is 7. The predicted molar refractivity (Wildman–Crippen MR) is 119 cm³/mol. The molecule has 0 aliphatic heterocycles. The van der Waals surface area contributed by atoms with Gasteiger partial charge in [-0.25, -0.2) is 9.78 Å². The molecule has 168 valence electrons. The first-order chi connectivity index (χ1) is 14.6. The van der Waals surface area contributed by atoms with Crippen molar-refractivity contribution in [1.82, 2.24) is 10.3 Å². The Morgan fingerprint density at radius 1 is 1.13 bits per heavy atom. The van der Waals surface area contributed by atoms with Crippen LogP contribution in [0.4, 0.5) is 16.2 Å². The van der Waals surface area contributed by atoms with Gasteiger partial charge in [-0.2, -0.15) is 0 Å². The Morgan fingerprint density at radius 3 is 2.39 bits per heavy atom. The van der Waals surface area contributed by atoms with Gasteiger partial charge in [-0.1, -0.05) is 18.2 Å². The van der Waals surface area contributed by atoms with Gasteiger partial charge in [0.05, 0.1) is 4.92 Å². The normalized spacial score (nSPS) is 11.0. The number of para-hydroxylation sites is 1. The number of anilines is 1. The summed E-state index contributed by atoms with van der Waals surface area (Å²) in [6, 6.07) is 8.83. The summed E-state index contributed by atoms with van der Waals surface area (Å²) < 4.78 is 10.9. The standard InChI is InChI=1S/C22H30N4O5/c1-15-16(2)25-20(30-17-11-7-6-8-12-17)19(26(28)29)18(15)23-13-9-10-14-24-21(27)31-22(3,4)5/h6-8,11-12H,9-10,13-14H2,1-5H3,(H,23,25)(H,24,27). The minimum Gasteiger partial charge on any atom is -0.444 e. The van der Waals surface area contributed by atoms with E-state index in [-0.39, 0.29) is 11.6 Å². The van der Waals surface area contributed by atoms with Crippen LogP contribution in [0, 0.1) is 24.0 Å². The summed E-state index contributed by atoms with van der Waals surface area (Å²) >= 11 is 0. The maximum Gasteiger partial charge on any atom is 0.407 e. The maximum atomic E-state index is 11.8. The van der Waals surface area contributed by atoms with Crippen molar-refractivity contribution >= 4 is 17.5 Å². The van der Waals surface area contributed by atoms with Crippen molar-refractivity contribution in [3.8, 4) is 11.6 Å². The van der Waals surface area contributed by atoms with Gasteiger partial charge >= 0.3 is 17.7 Å². The van der Waals surface area contributed by atoms with Crippen molar-refractivity contribution in [3.63, 3.8) is 0 Å². The Balaban J connectivity index is 2.01. The van der Waals surface area contributed by atoms with E-state index in [1.807, 2.05) is 6.07 Å². The van der Waals surface area contributed by atoms with Crippen LogP contribution in [0.3, 0.4) is 0 Å². The first-order valence-electron chi connectivity index (χ1n) is 10.2. The number of aryl methyl sites for hydroxylation is 1. The van der Waals surface area contributed by atoms with E-state index in [4.69, 9.17) is 9.47 Å². The second-order valence-corrected chi connectivity index (χ2v) is 8.09. The van der Waals surface area contributed by atoms with Gasteiger partial charge < -0.3 is 20.1 Å². The highest BCUT2D eigenvalue weighted by molar-refractivity contribution is 5.71. The van der Waals surface area contributed by atoms with Gasteiger partial charge in [-0.3, -0.25) is 10.1 Å². The second kappa shape index (κ2) is 10.6. The summed E-state index contributed by atoms with van der Waals surface area (Å²) in [6.45, 7) is 9.93. The summed E-state index contributed by atoms with van der Waals surface area (Å²) in [7, 11) is 0. The molecule has 0 saturated carbocycles. The minimum absolute atomic E-state index is 0.0478. The maximum absolute atomic E-state index is 11.8. The Kier molecular flexibility index (Phi) is 8.18. The Morgan fingerprint density at radius 2 is 1.77 bits per heavy atom. The fourth-order valence-corrected chi connectivity index (χ4v) is 2.78. The molecule has 1 aromatic carbocycles. The van der Waals surface area contributed by atoms with E-state index in [0.29, 0.717) is 48.6 Å². The lowest BCUT2D eigenvalue weighted by atomic mass is 10.1. The number of unbranched alkanes of at least 4 members (excludes halogenated alkanes) is 1. The molecule has 0 spiro atoms. The monoisotopic (exact) mass is 430 g/mol. The van der Waals surface area contributed by atoms with Crippen molar-refractivity contribution in [2.75, 3.05) is 18.4 Å². The van der Waals surface area contributed by atoms with E-state index in [1.165, 1.54) is 0 Å². The zero-order chi connectivity index (χ0) is 23.0. The lowest BCUT2D eigenvalue weighted by molar-refractivity contribution is -0.385. The molecule has 1 aromatic heterocycles. The number of nitro groups is 1. The molecular formula is C22H30N4O5. The van der Waals surface area contributed by atoms with Gasteiger partial charge in [-0.15, -0.1) is 0 Å². The van der Waals surface area contributed by atoms with Crippen LogP contribution >= 0.6 is 0 Å². The van der Waals surface area contributed by atoms with Crippen molar-refractivity contribution < 1.29 is 19.2 Å². The van der Waals surface area contributed by atoms with Crippen molar-refractivity contribution in [3.05, 3.63) is 51.7 Å². The third-order valence-corrected chi connectivity index (χ3v) is 4.34. The fraction of sp³-hybridized carbons (Fsp3) is 0.455. The Hall–Kier alpha value is -3.36. The summed E-state index contributed by atoms with van der Waals surface area (Å²) in [4.78, 5) is 27.3. The molecule has 0 bridgehead atoms. The number of hydrogen-bond donors (Lipinski definition) is 2. The van der Waals surface area contributed by atoms with E-state index < -0.39 is 16.6 Å². The van der Waals surface area contributed by atoms with Crippen LogP contribution in [0.5, 0.6) is 11.6 Å². The number of pyridine rings is 1. The number of nitrogens with zero attached hydrogens (tertiary/aromatic N) is 2. The second-order valence-electron chi connectivity index (χ2n) is 8.09.